The van der Waals surface area contributed by atoms with Crippen molar-refractivity contribution in [2.75, 3.05) is 11.9 Å². The van der Waals surface area contributed by atoms with E-state index >= 15 is 0 Å². The van der Waals surface area contributed by atoms with Crippen LogP contribution in [0.25, 0.3) is 0 Å². The molecule has 0 aliphatic rings. The summed E-state index contributed by atoms with van der Waals surface area (Å²) >= 11 is 0. The van der Waals surface area contributed by atoms with Crippen molar-refractivity contribution in [3.05, 3.63) is 54.1 Å². The van der Waals surface area contributed by atoms with Gasteiger partial charge in [-0.2, -0.15) is 8.78 Å². The predicted octanol–water partition coefficient (Wildman–Crippen LogP) is 4.43. The first-order valence-electron chi connectivity index (χ1n) is 7.52. The number of nitrogens with one attached hydrogen (secondary N) is 1. The van der Waals surface area contributed by atoms with Crippen LogP contribution in [-0.2, 0) is 4.79 Å². The topological polar surface area (TPSA) is 47.6 Å². The van der Waals surface area contributed by atoms with Crippen molar-refractivity contribution in [3.8, 4) is 11.5 Å². The number of benzene rings is 2. The van der Waals surface area contributed by atoms with E-state index in [9.17, 15) is 13.6 Å². The average molecular weight is 335 g/mol. The molecule has 0 radical (unpaired) electrons. The number of halogens is 2. The van der Waals surface area contributed by atoms with Gasteiger partial charge in [-0.1, -0.05) is 32.0 Å². The van der Waals surface area contributed by atoms with Crippen LogP contribution in [0.4, 0.5) is 14.5 Å². The second-order valence-electron chi connectivity index (χ2n) is 5.43. The van der Waals surface area contributed by atoms with Crippen molar-refractivity contribution < 1.29 is 23.0 Å². The first-order chi connectivity index (χ1) is 11.5. The van der Waals surface area contributed by atoms with Gasteiger partial charge in [0.25, 0.3) is 5.91 Å². The van der Waals surface area contributed by atoms with Gasteiger partial charge in [-0.3, -0.25) is 4.79 Å². The van der Waals surface area contributed by atoms with E-state index < -0.39 is 6.61 Å². The van der Waals surface area contributed by atoms with Gasteiger partial charge >= 0.3 is 6.61 Å². The summed E-state index contributed by atoms with van der Waals surface area (Å²) < 4.78 is 34.0. The minimum absolute atomic E-state index is 0.0325. The van der Waals surface area contributed by atoms with Gasteiger partial charge in [-0.25, -0.2) is 0 Å². The number of amides is 1. The number of hydrogen-bond donors (Lipinski definition) is 1. The number of anilines is 1. The summed E-state index contributed by atoms with van der Waals surface area (Å²) in [4.78, 5) is 11.9. The van der Waals surface area contributed by atoms with Crippen molar-refractivity contribution in [2.24, 2.45) is 0 Å². The highest BCUT2D eigenvalue weighted by Gasteiger charge is 2.10. The van der Waals surface area contributed by atoms with Gasteiger partial charge in [0, 0.05) is 5.69 Å². The molecule has 1 N–H and O–H groups in total. The summed E-state index contributed by atoms with van der Waals surface area (Å²) in [5.74, 6) is 0.649. The summed E-state index contributed by atoms with van der Waals surface area (Å²) in [6.07, 6.45) is 0. The molecule has 0 spiro atoms. The number of hydrogen-bond acceptors (Lipinski definition) is 3. The van der Waals surface area contributed by atoms with Crippen LogP contribution in [0.3, 0.4) is 0 Å². The Morgan fingerprint density at radius 1 is 1.08 bits per heavy atom. The molecule has 0 heterocycles. The van der Waals surface area contributed by atoms with Crippen LogP contribution in [0.2, 0.25) is 0 Å². The third-order valence-electron chi connectivity index (χ3n) is 3.26. The van der Waals surface area contributed by atoms with Crippen molar-refractivity contribution in [1.82, 2.24) is 0 Å². The largest absolute Gasteiger partial charge is 0.483 e. The Kier molecular flexibility index (Phi) is 6.12. The molecule has 0 aliphatic heterocycles. The maximum atomic E-state index is 12.1. The lowest BCUT2D eigenvalue weighted by molar-refractivity contribution is -0.118. The maximum Gasteiger partial charge on any atom is 0.387 e. The first-order valence-corrected chi connectivity index (χ1v) is 7.52. The highest BCUT2D eigenvalue weighted by atomic mass is 19.3. The predicted molar refractivity (Wildman–Crippen MR) is 87.7 cm³/mol. The van der Waals surface area contributed by atoms with Crippen LogP contribution in [0, 0.1) is 0 Å². The zero-order valence-electron chi connectivity index (χ0n) is 13.5. The Morgan fingerprint density at radius 2 is 1.75 bits per heavy atom. The summed E-state index contributed by atoms with van der Waals surface area (Å²) in [6.45, 7) is 1.08. The van der Waals surface area contributed by atoms with E-state index in [0.717, 1.165) is 5.56 Å². The van der Waals surface area contributed by atoms with E-state index in [0.29, 0.717) is 11.4 Å². The SMILES string of the molecule is CC(C)c1ccccc1OCC(=O)Nc1ccc(OC(F)F)cc1. The second-order valence-corrected chi connectivity index (χ2v) is 5.43. The monoisotopic (exact) mass is 335 g/mol. The van der Waals surface area contributed by atoms with Gasteiger partial charge in [-0.15, -0.1) is 0 Å². The van der Waals surface area contributed by atoms with E-state index in [1.807, 2.05) is 38.1 Å². The number of para-hydroxylation sites is 1. The van der Waals surface area contributed by atoms with E-state index in [4.69, 9.17) is 4.74 Å². The summed E-state index contributed by atoms with van der Waals surface area (Å²) in [6, 6.07) is 13.2. The van der Waals surface area contributed by atoms with Gasteiger partial charge in [0.2, 0.25) is 0 Å². The quantitative estimate of drug-likeness (QED) is 0.814. The minimum Gasteiger partial charge on any atom is -0.483 e. The van der Waals surface area contributed by atoms with Gasteiger partial charge in [0.15, 0.2) is 6.61 Å². The molecule has 2 aromatic rings. The molecule has 24 heavy (non-hydrogen) atoms. The van der Waals surface area contributed by atoms with Gasteiger partial charge in [-0.05, 0) is 41.8 Å². The minimum atomic E-state index is -2.88. The molecule has 128 valence electrons. The zero-order chi connectivity index (χ0) is 17.5. The van der Waals surface area contributed by atoms with E-state index in [-0.39, 0.29) is 24.2 Å². The summed E-state index contributed by atoms with van der Waals surface area (Å²) in [5.41, 5.74) is 1.50. The fourth-order valence-corrected chi connectivity index (χ4v) is 2.15. The highest BCUT2D eigenvalue weighted by molar-refractivity contribution is 5.91. The van der Waals surface area contributed by atoms with E-state index in [2.05, 4.69) is 10.1 Å². The molecular formula is C18H19F2NO3. The molecule has 0 bridgehead atoms. The Labute approximate surface area is 139 Å². The van der Waals surface area contributed by atoms with E-state index in [1.54, 1.807) is 0 Å². The van der Waals surface area contributed by atoms with Crippen molar-refractivity contribution in [1.29, 1.82) is 0 Å². The molecule has 6 heteroatoms. The van der Waals surface area contributed by atoms with Gasteiger partial charge in [0.1, 0.15) is 11.5 Å². The van der Waals surface area contributed by atoms with Gasteiger partial charge < -0.3 is 14.8 Å². The zero-order valence-corrected chi connectivity index (χ0v) is 13.5. The van der Waals surface area contributed by atoms with Crippen LogP contribution in [0.15, 0.2) is 48.5 Å². The lowest BCUT2D eigenvalue weighted by Gasteiger charge is -2.13. The molecule has 0 saturated heterocycles. The second kappa shape index (κ2) is 8.29. The molecular weight excluding hydrogens is 316 g/mol. The molecule has 0 atom stereocenters. The lowest BCUT2D eigenvalue weighted by atomic mass is 10.0. The molecule has 0 unspecified atom stereocenters. The van der Waals surface area contributed by atoms with E-state index in [1.165, 1.54) is 24.3 Å². The van der Waals surface area contributed by atoms with Crippen LogP contribution in [0.5, 0.6) is 11.5 Å². The third-order valence-corrected chi connectivity index (χ3v) is 3.26. The number of carbonyl (C=O) groups is 1. The summed E-state index contributed by atoms with van der Waals surface area (Å²) in [7, 11) is 0. The molecule has 0 saturated carbocycles. The standard InChI is InChI=1S/C18H19F2NO3/c1-12(2)15-5-3-4-6-16(15)23-11-17(22)21-13-7-9-14(10-8-13)24-18(19)20/h3-10,12,18H,11H2,1-2H3,(H,21,22). The van der Waals surface area contributed by atoms with Crippen LogP contribution in [-0.4, -0.2) is 19.1 Å². The molecule has 4 nitrogen and oxygen atoms in total. The molecule has 0 fully saturated rings. The molecule has 0 aliphatic carbocycles. The number of carbonyl (C=O) groups excluding carboxylic acids is 1. The van der Waals surface area contributed by atoms with Crippen molar-refractivity contribution in [2.45, 2.75) is 26.4 Å². The summed E-state index contributed by atoms with van der Waals surface area (Å²) in [5, 5.41) is 2.63. The third kappa shape index (κ3) is 5.22. The average Bonchev–Trinajstić information content (AvgIpc) is 2.54. The van der Waals surface area contributed by atoms with Crippen molar-refractivity contribution in [3.63, 3.8) is 0 Å². The normalized spacial score (nSPS) is 10.8. The smallest absolute Gasteiger partial charge is 0.387 e. The highest BCUT2D eigenvalue weighted by Crippen LogP contribution is 2.25. The Morgan fingerprint density at radius 3 is 2.38 bits per heavy atom. The van der Waals surface area contributed by atoms with Crippen LogP contribution < -0.4 is 14.8 Å². The molecule has 0 aromatic heterocycles. The van der Waals surface area contributed by atoms with Gasteiger partial charge in [0.05, 0.1) is 0 Å². The number of rotatable bonds is 7. The Hall–Kier alpha value is -2.63. The molecule has 2 rings (SSSR count). The number of alkyl halides is 2. The fourth-order valence-electron chi connectivity index (χ4n) is 2.15. The first kappa shape index (κ1) is 17.7. The van der Waals surface area contributed by atoms with Crippen LogP contribution >= 0.6 is 0 Å². The Bertz CT molecular complexity index is 672. The maximum absolute atomic E-state index is 12.1. The lowest BCUT2D eigenvalue weighted by Crippen LogP contribution is -2.20. The fraction of sp³-hybridized carbons (Fsp3) is 0.278. The number of ether oxygens (including phenoxy) is 2. The molecule has 1 amide bonds. The van der Waals surface area contributed by atoms with Crippen molar-refractivity contribution >= 4 is 11.6 Å². The molecule has 2 aromatic carbocycles. The van der Waals surface area contributed by atoms with Crippen LogP contribution in [0.1, 0.15) is 25.3 Å². The Balaban J connectivity index is 1.90.